The summed E-state index contributed by atoms with van der Waals surface area (Å²) in [4.78, 5) is 36.6. The highest BCUT2D eigenvalue weighted by Gasteiger charge is 2.15. The van der Waals surface area contributed by atoms with Crippen molar-refractivity contribution in [3.63, 3.8) is 0 Å². The summed E-state index contributed by atoms with van der Waals surface area (Å²) in [5.74, 6) is -1.51. The second kappa shape index (κ2) is 10.3. The number of carboxylic acids is 1. The van der Waals surface area contributed by atoms with Gasteiger partial charge in [-0.3, -0.25) is 9.59 Å². The molecule has 0 heterocycles. The smallest absolute Gasteiger partial charge is 0.336 e. The molecule has 0 aliphatic rings. The molecule has 6 nitrogen and oxygen atoms in total. The molecule has 0 fully saturated rings. The quantitative estimate of drug-likeness (QED) is 0.295. The average molecular weight is 532 g/mol. The summed E-state index contributed by atoms with van der Waals surface area (Å²) in [6.45, 7) is 0. The molecule has 0 atom stereocenters. The topological polar surface area (TPSA) is 95.5 Å². The summed E-state index contributed by atoms with van der Waals surface area (Å²) in [5.41, 5.74) is 1.32. The van der Waals surface area contributed by atoms with E-state index in [1.807, 2.05) is 24.3 Å². The molecule has 3 N–H and O–H groups in total. The van der Waals surface area contributed by atoms with E-state index in [2.05, 4.69) is 33.2 Å². The largest absolute Gasteiger partial charge is 0.478 e. The molecule has 0 bridgehead atoms. The van der Waals surface area contributed by atoms with Crippen LogP contribution in [0.15, 0.2) is 77.7 Å². The molecule has 0 saturated heterocycles. The minimum absolute atomic E-state index is 0.0543. The number of amides is 2. The van der Waals surface area contributed by atoms with Crippen molar-refractivity contribution >= 4 is 63.5 Å². The molecule has 3 aromatic rings. The lowest BCUT2D eigenvalue weighted by Crippen LogP contribution is -2.16. The SMILES string of the molecule is O=C(CSc1ccc(NC(=O)c2ccccc2C(=O)O)cc1)Nc1ccc(I)cc1. The third-order valence-electron chi connectivity index (χ3n) is 4.01. The highest BCUT2D eigenvalue weighted by molar-refractivity contribution is 14.1. The molecule has 0 unspecified atom stereocenters. The Hall–Kier alpha value is -2.85. The zero-order valence-electron chi connectivity index (χ0n) is 15.6. The number of rotatable bonds is 7. The molecule has 8 heteroatoms. The van der Waals surface area contributed by atoms with Crippen LogP contribution in [-0.4, -0.2) is 28.6 Å². The van der Waals surface area contributed by atoms with Crippen LogP contribution in [0.5, 0.6) is 0 Å². The molecule has 0 radical (unpaired) electrons. The number of carbonyl (C=O) groups is 3. The molecule has 0 saturated carbocycles. The standard InChI is InChI=1S/C22H17IN2O4S/c23-14-5-7-15(8-6-14)24-20(26)13-30-17-11-9-16(10-12-17)25-21(27)18-3-1-2-4-19(18)22(28)29/h1-12H,13H2,(H,24,26)(H,25,27)(H,28,29). The first-order valence-corrected chi connectivity index (χ1v) is 10.9. The van der Waals surface area contributed by atoms with Crippen LogP contribution in [0.3, 0.4) is 0 Å². The van der Waals surface area contributed by atoms with Crippen LogP contribution in [0.1, 0.15) is 20.7 Å². The summed E-state index contributed by atoms with van der Waals surface area (Å²) in [5, 5.41) is 14.7. The maximum Gasteiger partial charge on any atom is 0.336 e. The van der Waals surface area contributed by atoms with Gasteiger partial charge in [0.05, 0.1) is 16.9 Å². The number of carbonyl (C=O) groups excluding carboxylic acids is 2. The number of carboxylic acid groups (broad SMARTS) is 1. The number of halogens is 1. The van der Waals surface area contributed by atoms with Gasteiger partial charge in [0, 0.05) is 19.8 Å². The summed E-state index contributed by atoms with van der Waals surface area (Å²) < 4.78 is 1.10. The van der Waals surface area contributed by atoms with Crippen molar-refractivity contribution in [1.82, 2.24) is 0 Å². The lowest BCUT2D eigenvalue weighted by molar-refractivity contribution is -0.113. The van der Waals surface area contributed by atoms with Crippen molar-refractivity contribution in [2.75, 3.05) is 16.4 Å². The van der Waals surface area contributed by atoms with Crippen molar-refractivity contribution in [2.45, 2.75) is 4.90 Å². The number of hydrogen-bond donors (Lipinski definition) is 3. The van der Waals surface area contributed by atoms with E-state index in [0.717, 1.165) is 14.2 Å². The molecule has 0 aliphatic heterocycles. The lowest BCUT2D eigenvalue weighted by Gasteiger charge is -2.09. The number of anilines is 2. The number of aromatic carboxylic acids is 1. The molecular formula is C22H17IN2O4S. The Morgan fingerprint density at radius 3 is 2.00 bits per heavy atom. The highest BCUT2D eigenvalue weighted by atomic mass is 127. The fourth-order valence-corrected chi connectivity index (χ4v) is 3.64. The Kier molecular flexibility index (Phi) is 7.47. The molecule has 3 aromatic carbocycles. The molecule has 0 aliphatic carbocycles. The second-order valence-electron chi connectivity index (χ2n) is 6.17. The van der Waals surface area contributed by atoms with Crippen LogP contribution in [0.25, 0.3) is 0 Å². The molecule has 0 aromatic heterocycles. The van der Waals surface area contributed by atoms with Crippen molar-refractivity contribution in [1.29, 1.82) is 0 Å². The fourth-order valence-electron chi connectivity index (χ4n) is 2.58. The van der Waals surface area contributed by atoms with Crippen LogP contribution in [0, 0.1) is 3.57 Å². The summed E-state index contributed by atoms with van der Waals surface area (Å²) in [6, 6.07) is 20.6. The minimum Gasteiger partial charge on any atom is -0.478 e. The first-order valence-electron chi connectivity index (χ1n) is 8.84. The summed E-state index contributed by atoms with van der Waals surface area (Å²) >= 11 is 3.58. The van der Waals surface area contributed by atoms with Gasteiger partial charge in [-0.1, -0.05) is 12.1 Å². The van der Waals surface area contributed by atoms with Gasteiger partial charge in [0.2, 0.25) is 5.91 Å². The zero-order chi connectivity index (χ0) is 21.5. The molecule has 2 amide bonds. The van der Waals surface area contributed by atoms with E-state index in [4.69, 9.17) is 0 Å². The van der Waals surface area contributed by atoms with Gasteiger partial charge in [-0.2, -0.15) is 0 Å². The van der Waals surface area contributed by atoms with Gasteiger partial charge in [-0.25, -0.2) is 4.79 Å². The van der Waals surface area contributed by atoms with Crippen LogP contribution in [0.4, 0.5) is 11.4 Å². The van der Waals surface area contributed by atoms with Crippen molar-refractivity contribution in [3.05, 3.63) is 87.5 Å². The average Bonchev–Trinajstić information content (AvgIpc) is 2.75. The van der Waals surface area contributed by atoms with E-state index < -0.39 is 11.9 Å². The molecule has 152 valence electrons. The Bertz CT molecular complexity index is 1070. The number of hydrogen-bond acceptors (Lipinski definition) is 4. The van der Waals surface area contributed by atoms with Gasteiger partial charge >= 0.3 is 5.97 Å². The van der Waals surface area contributed by atoms with Gasteiger partial charge in [-0.15, -0.1) is 11.8 Å². The molecular weight excluding hydrogens is 515 g/mol. The number of nitrogens with one attached hydrogen (secondary N) is 2. The van der Waals surface area contributed by atoms with Crippen LogP contribution >= 0.6 is 34.4 Å². The van der Waals surface area contributed by atoms with E-state index in [1.165, 1.54) is 23.9 Å². The van der Waals surface area contributed by atoms with Crippen molar-refractivity contribution in [2.24, 2.45) is 0 Å². The van der Waals surface area contributed by atoms with Crippen LogP contribution in [0.2, 0.25) is 0 Å². The monoisotopic (exact) mass is 532 g/mol. The third kappa shape index (κ3) is 6.07. The van der Waals surface area contributed by atoms with E-state index >= 15 is 0 Å². The van der Waals surface area contributed by atoms with Gasteiger partial charge in [0.1, 0.15) is 0 Å². The third-order valence-corrected chi connectivity index (χ3v) is 5.74. The van der Waals surface area contributed by atoms with E-state index in [9.17, 15) is 19.5 Å². The van der Waals surface area contributed by atoms with E-state index in [0.29, 0.717) is 5.69 Å². The Morgan fingerprint density at radius 2 is 1.37 bits per heavy atom. The van der Waals surface area contributed by atoms with E-state index in [-0.39, 0.29) is 22.8 Å². The van der Waals surface area contributed by atoms with Gasteiger partial charge < -0.3 is 15.7 Å². The predicted molar refractivity (Wildman–Crippen MR) is 126 cm³/mol. The number of thioether (sulfide) groups is 1. The second-order valence-corrected chi connectivity index (χ2v) is 8.47. The normalized spacial score (nSPS) is 10.3. The predicted octanol–water partition coefficient (Wildman–Crippen LogP) is 4.97. The molecule has 30 heavy (non-hydrogen) atoms. The number of benzene rings is 3. The van der Waals surface area contributed by atoms with Gasteiger partial charge in [0.15, 0.2) is 0 Å². The van der Waals surface area contributed by atoms with E-state index in [1.54, 1.807) is 36.4 Å². The Morgan fingerprint density at radius 1 is 0.800 bits per heavy atom. The molecule has 0 spiro atoms. The maximum absolute atomic E-state index is 12.4. The summed E-state index contributed by atoms with van der Waals surface area (Å²) in [7, 11) is 0. The van der Waals surface area contributed by atoms with Crippen molar-refractivity contribution in [3.8, 4) is 0 Å². The Balaban J connectivity index is 1.55. The van der Waals surface area contributed by atoms with Crippen LogP contribution in [-0.2, 0) is 4.79 Å². The van der Waals surface area contributed by atoms with Crippen molar-refractivity contribution < 1.29 is 19.5 Å². The maximum atomic E-state index is 12.4. The fraction of sp³-hybridized carbons (Fsp3) is 0.0455. The first kappa shape index (κ1) is 21.8. The zero-order valence-corrected chi connectivity index (χ0v) is 18.6. The highest BCUT2D eigenvalue weighted by Crippen LogP contribution is 2.22. The van der Waals surface area contributed by atoms with Crippen LogP contribution < -0.4 is 10.6 Å². The summed E-state index contributed by atoms with van der Waals surface area (Å²) in [6.07, 6.45) is 0. The lowest BCUT2D eigenvalue weighted by atomic mass is 10.1. The Labute approximate surface area is 191 Å². The van der Waals surface area contributed by atoms with Gasteiger partial charge in [0.25, 0.3) is 5.91 Å². The first-order chi connectivity index (χ1) is 14.4. The van der Waals surface area contributed by atoms with Gasteiger partial charge in [-0.05, 0) is 83.3 Å². The molecule has 3 rings (SSSR count). The minimum atomic E-state index is -1.16.